The monoisotopic (exact) mass is 484 g/mol. The molecule has 4 heteroatoms. The van der Waals surface area contributed by atoms with Gasteiger partial charge in [-0.05, 0) is 6.42 Å². The standard InChI is InChI=1S/C30H60O4/c1-5-6-7-8-9-10-11-12-13-14-15-16-17-18-19-20-21-22-23-24-25-26-28(32-2)27-29(33-3)30(31)34-4/h28-29H,5-27H2,1-4H3/t28-,29+/m1/s1. The predicted molar refractivity (Wildman–Crippen MR) is 145 cm³/mol. The highest BCUT2D eigenvalue weighted by Gasteiger charge is 2.23. The third-order valence-electron chi connectivity index (χ3n) is 7.19. The van der Waals surface area contributed by atoms with E-state index in [1.165, 1.54) is 136 Å². The summed E-state index contributed by atoms with van der Waals surface area (Å²) in [6.07, 6.45) is 30.5. The van der Waals surface area contributed by atoms with Gasteiger partial charge in [-0.15, -0.1) is 0 Å². The van der Waals surface area contributed by atoms with Crippen LogP contribution in [0, 0.1) is 0 Å². The smallest absolute Gasteiger partial charge is 0.335 e. The number of methoxy groups -OCH3 is 3. The summed E-state index contributed by atoms with van der Waals surface area (Å²) in [6.45, 7) is 2.29. The summed E-state index contributed by atoms with van der Waals surface area (Å²) in [6, 6.07) is 0. The van der Waals surface area contributed by atoms with Crippen LogP contribution in [0.15, 0.2) is 0 Å². The van der Waals surface area contributed by atoms with Crippen LogP contribution in [0.4, 0.5) is 0 Å². The lowest BCUT2D eigenvalue weighted by molar-refractivity contribution is -0.154. The molecule has 0 saturated heterocycles. The quantitative estimate of drug-likeness (QED) is 0.0861. The fraction of sp³-hybridized carbons (Fsp3) is 0.967. The second kappa shape index (κ2) is 27.0. The molecule has 0 aromatic heterocycles. The maximum absolute atomic E-state index is 11.7. The zero-order valence-corrected chi connectivity index (χ0v) is 23.6. The summed E-state index contributed by atoms with van der Waals surface area (Å²) in [5.74, 6) is -0.316. The molecule has 34 heavy (non-hydrogen) atoms. The van der Waals surface area contributed by atoms with Crippen LogP contribution in [0.5, 0.6) is 0 Å². The molecule has 0 aromatic rings. The van der Waals surface area contributed by atoms with E-state index in [2.05, 4.69) is 6.92 Å². The van der Waals surface area contributed by atoms with Crippen LogP contribution < -0.4 is 0 Å². The Morgan fingerprint density at radius 3 is 1.18 bits per heavy atom. The number of esters is 1. The largest absolute Gasteiger partial charge is 0.467 e. The first-order valence-corrected chi connectivity index (χ1v) is 14.8. The molecular weight excluding hydrogens is 424 g/mol. The average molecular weight is 485 g/mol. The Balaban J connectivity index is 3.32. The van der Waals surface area contributed by atoms with Crippen molar-refractivity contribution in [2.24, 2.45) is 0 Å². The lowest BCUT2D eigenvalue weighted by Gasteiger charge is -2.20. The van der Waals surface area contributed by atoms with Gasteiger partial charge in [0.15, 0.2) is 6.10 Å². The third-order valence-corrected chi connectivity index (χ3v) is 7.19. The molecule has 4 nitrogen and oxygen atoms in total. The highest BCUT2D eigenvalue weighted by molar-refractivity contribution is 5.74. The molecule has 0 aliphatic carbocycles. The van der Waals surface area contributed by atoms with Crippen molar-refractivity contribution >= 4 is 5.97 Å². The molecule has 0 aliphatic heterocycles. The van der Waals surface area contributed by atoms with Crippen LogP contribution in [0.1, 0.15) is 155 Å². The molecule has 2 atom stereocenters. The molecule has 0 bridgehead atoms. The average Bonchev–Trinajstić information content (AvgIpc) is 2.86. The lowest BCUT2D eigenvalue weighted by atomic mass is 10.0. The predicted octanol–water partition coefficient (Wildman–Crippen LogP) is 9.18. The van der Waals surface area contributed by atoms with Gasteiger partial charge in [0, 0.05) is 20.6 Å². The van der Waals surface area contributed by atoms with E-state index >= 15 is 0 Å². The SMILES string of the molecule is CCCCCCCCCCCCCCCCCCCCCCC[C@H](C[C@H](OC)C(=O)OC)OC. The molecule has 0 unspecified atom stereocenters. The van der Waals surface area contributed by atoms with E-state index in [1.54, 1.807) is 14.2 Å². The first-order valence-electron chi connectivity index (χ1n) is 14.8. The first-order chi connectivity index (χ1) is 16.7. The second-order valence-electron chi connectivity index (χ2n) is 10.2. The molecule has 0 fully saturated rings. The lowest BCUT2D eigenvalue weighted by Crippen LogP contribution is -2.29. The Kier molecular flexibility index (Phi) is 26.5. The van der Waals surface area contributed by atoms with Crippen LogP contribution in [-0.4, -0.2) is 39.5 Å². The Bertz CT molecular complexity index is 413. The Labute approximate surface area is 213 Å². The van der Waals surface area contributed by atoms with Crippen LogP contribution in [-0.2, 0) is 19.0 Å². The van der Waals surface area contributed by atoms with Crippen molar-refractivity contribution in [2.45, 2.75) is 167 Å². The fourth-order valence-corrected chi connectivity index (χ4v) is 4.79. The highest BCUT2D eigenvalue weighted by Crippen LogP contribution is 2.17. The molecule has 0 aliphatic rings. The zero-order valence-electron chi connectivity index (χ0n) is 23.6. The van der Waals surface area contributed by atoms with Crippen LogP contribution >= 0.6 is 0 Å². The Morgan fingerprint density at radius 2 is 0.882 bits per heavy atom. The van der Waals surface area contributed by atoms with Crippen molar-refractivity contribution < 1.29 is 19.0 Å². The number of carbonyl (C=O) groups excluding carboxylic acids is 1. The van der Waals surface area contributed by atoms with Crippen molar-refractivity contribution in [3.8, 4) is 0 Å². The van der Waals surface area contributed by atoms with Gasteiger partial charge in [-0.2, -0.15) is 0 Å². The van der Waals surface area contributed by atoms with Crippen molar-refractivity contribution in [3.63, 3.8) is 0 Å². The summed E-state index contributed by atoms with van der Waals surface area (Å²) in [7, 11) is 4.66. The normalized spacial score (nSPS) is 13.2. The van der Waals surface area contributed by atoms with Gasteiger partial charge < -0.3 is 14.2 Å². The molecule has 0 amide bonds. The summed E-state index contributed by atoms with van der Waals surface area (Å²) < 4.78 is 15.5. The van der Waals surface area contributed by atoms with Crippen molar-refractivity contribution in [3.05, 3.63) is 0 Å². The van der Waals surface area contributed by atoms with Crippen molar-refractivity contribution in [2.75, 3.05) is 21.3 Å². The number of rotatable bonds is 27. The summed E-state index contributed by atoms with van der Waals surface area (Å²) >= 11 is 0. The minimum absolute atomic E-state index is 0.0596. The first kappa shape index (κ1) is 33.4. The minimum Gasteiger partial charge on any atom is -0.467 e. The molecule has 0 N–H and O–H groups in total. The van der Waals surface area contributed by atoms with E-state index in [9.17, 15) is 4.79 Å². The maximum Gasteiger partial charge on any atom is 0.335 e. The van der Waals surface area contributed by atoms with Gasteiger partial charge in [0.1, 0.15) is 0 Å². The second-order valence-corrected chi connectivity index (χ2v) is 10.2. The summed E-state index contributed by atoms with van der Waals surface area (Å²) in [5, 5.41) is 0. The van der Waals surface area contributed by atoms with Gasteiger partial charge in [-0.1, -0.05) is 142 Å². The summed E-state index contributed by atoms with van der Waals surface area (Å²) in [5.41, 5.74) is 0. The molecule has 204 valence electrons. The van der Waals surface area contributed by atoms with Crippen molar-refractivity contribution in [1.29, 1.82) is 0 Å². The molecule has 0 spiro atoms. The van der Waals surface area contributed by atoms with Crippen molar-refractivity contribution in [1.82, 2.24) is 0 Å². The molecule has 0 radical (unpaired) electrons. The minimum atomic E-state index is -0.523. The van der Waals surface area contributed by atoms with Gasteiger partial charge in [-0.3, -0.25) is 0 Å². The third kappa shape index (κ3) is 21.9. The Morgan fingerprint density at radius 1 is 0.529 bits per heavy atom. The van der Waals surface area contributed by atoms with E-state index in [1.807, 2.05) is 0 Å². The zero-order chi connectivity index (χ0) is 25.1. The fourth-order valence-electron chi connectivity index (χ4n) is 4.79. The number of hydrogen-bond donors (Lipinski definition) is 0. The molecule has 0 rings (SSSR count). The molecule has 0 heterocycles. The molecule has 0 saturated carbocycles. The van der Waals surface area contributed by atoms with Gasteiger partial charge >= 0.3 is 5.97 Å². The van der Waals surface area contributed by atoms with Gasteiger partial charge in [0.05, 0.1) is 13.2 Å². The molecule has 0 aromatic carbocycles. The number of ether oxygens (including phenoxy) is 3. The maximum atomic E-state index is 11.7. The number of hydrogen-bond acceptors (Lipinski definition) is 4. The van der Waals surface area contributed by atoms with E-state index < -0.39 is 6.10 Å². The molecular formula is C30H60O4. The van der Waals surface area contributed by atoms with Gasteiger partial charge in [0.2, 0.25) is 0 Å². The van der Waals surface area contributed by atoms with Gasteiger partial charge in [0.25, 0.3) is 0 Å². The van der Waals surface area contributed by atoms with Crippen LogP contribution in [0.2, 0.25) is 0 Å². The van der Waals surface area contributed by atoms with E-state index in [-0.39, 0.29) is 12.1 Å². The summed E-state index contributed by atoms with van der Waals surface area (Å²) in [4.78, 5) is 11.7. The topological polar surface area (TPSA) is 44.8 Å². The van der Waals surface area contributed by atoms with E-state index in [4.69, 9.17) is 14.2 Å². The highest BCUT2D eigenvalue weighted by atomic mass is 16.6. The van der Waals surface area contributed by atoms with Gasteiger partial charge in [-0.25, -0.2) is 4.79 Å². The van der Waals surface area contributed by atoms with Crippen LogP contribution in [0.3, 0.4) is 0 Å². The van der Waals surface area contributed by atoms with Crippen LogP contribution in [0.25, 0.3) is 0 Å². The van der Waals surface area contributed by atoms with E-state index in [0.29, 0.717) is 6.42 Å². The Hall–Kier alpha value is -0.610. The van der Waals surface area contributed by atoms with E-state index in [0.717, 1.165) is 12.8 Å². The number of carbonyl (C=O) groups is 1. The number of unbranched alkanes of at least 4 members (excludes halogenated alkanes) is 20.